The van der Waals surface area contributed by atoms with E-state index in [4.69, 9.17) is 9.47 Å². The van der Waals surface area contributed by atoms with E-state index in [1.54, 1.807) is 37.6 Å². The SMILES string of the molecule is C=CC(=O)Nc1cccc(Oc2nc(Nc3ccc(CN4CCN(C)CC4)cc3OC)ncc2C)c1. The molecule has 0 spiro atoms. The number of aromatic nitrogens is 2. The zero-order valence-corrected chi connectivity index (χ0v) is 21.0. The van der Waals surface area contributed by atoms with Gasteiger partial charge in [-0.1, -0.05) is 18.7 Å². The van der Waals surface area contributed by atoms with Crippen LogP contribution in [0.2, 0.25) is 0 Å². The number of nitrogens with zero attached hydrogens (tertiary/aromatic N) is 4. The first-order chi connectivity index (χ1) is 17.4. The number of nitrogens with one attached hydrogen (secondary N) is 2. The highest BCUT2D eigenvalue weighted by Gasteiger charge is 2.15. The molecule has 0 aliphatic carbocycles. The third kappa shape index (κ3) is 6.59. The molecule has 1 aliphatic rings. The second-order valence-corrected chi connectivity index (χ2v) is 8.74. The van der Waals surface area contributed by atoms with Crippen LogP contribution >= 0.6 is 0 Å². The zero-order chi connectivity index (χ0) is 25.5. The van der Waals surface area contributed by atoms with Gasteiger partial charge in [-0.3, -0.25) is 9.69 Å². The number of carbonyl (C=O) groups excluding carboxylic acids is 1. The maximum Gasteiger partial charge on any atom is 0.247 e. The quantitative estimate of drug-likeness (QED) is 0.433. The van der Waals surface area contributed by atoms with Gasteiger partial charge >= 0.3 is 0 Å². The van der Waals surface area contributed by atoms with E-state index in [0.717, 1.165) is 49.7 Å². The number of likely N-dealkylation sites (N-methyl/N-ethyl adjacent to an activating group) is 1. The summed E-state index contributed by atoms with van der Waals surface area (Å²) in [6, 6.07) is 13.2. The number of ether oxygens (including phenoxy) is 2. The van der Waals surface area contributed by atoms with Crippen LogP contribution in [0.4, 0.5) is 17.3 Å². The predicted molar refractivity (Wildman–Crippen MR) is 141 cm³/mol. The van der Waals surface area contributed by atoms with E-state index in [0.29, 0.717) is 23.3 Å². The summed E-state index contributed by atoms with van der Waals surface area (Å²) in [5, 5.41) is 5.96. The molecule has 1 aromatic heterocycles. The van der Waals surface area contributed by atoms with Crippen molar-refractivity contribution < 1.29 is 14.3 Å². The fourth-order valence-corrected chi connectivity index (χ4v) is 3.85. The average Bonchev–Trinajstić information content (AvgIpc) is 2.88. The van der Waals surface area contributed by atoms with E-state index in [2.05, 4.69) is 56.2 Å². The van der Waals surface area contributed by atoms with Crippen molar-refractivity contribution in [2.24, 2.45) is 0 Å². The van der Waals surface area contributed by atoms with Crippen molar-refractivity contribution in [3.8, 4) is 17.4 Å². The van der Waals surface area contributed by atoms with Crippen LogP contribution in [-0.2, 0) is 11.3 Å². The first-order valence-corrected chi connectivity index (χ1v) is 11.8. The van der Waals surface area contributed by atoms with Gasteiger partial charge in [0.05, 0.1) is 12.8 Å². The Balaban J connectivity index is 1.47. The highest BCUT2D eigenvalue weighted by atomic mass is 16.5. The summed E-state index contributed by atoms with van der Waals surface area (Å²) in [6.07, 6.45) is 2.91. The molecule has 0 unspecified atom stereocenters. The van der Waals surface area contributed by atoms with Gasteiger partial charge in [0.15, 0.2) is 0 Å². The number of rotatable bonds is 9. The summed E-state index contributed by atoms with van der Waals surface area (Å²) < 4.78 is 11.7. The van der Waals surface area contributed by atoms with Crippen LogP contribution in [0.3, 0.4) is 0 Å². The van der Waals surface area contributed by atoms with Crippen molar-refractivity contribution >= 4 is 23.2 Å². The number of benzene rings is 2. The largest absolute Gasteiger partial charge is 0.495 e. The molecule has 2 N–H and O–H groups in total. The Labute approximate surface area is 211 Å². The highest BCUT2D eigenvalue weighted by molar-refractivity contribution is 5.98. The molecule has 9 heteroatoms. The number of hydrogen-bond donors (Lipinski definition) is 2. The fourth-order valence-electron chi connectivity index (χ4n) is 3.85. The monoisotopic (exact) mass is 488 g/mol. The molecule has 0 bridgehead atoms. The molecule has 1 fully saturated rings. The Morgan fingerprint density at radius 1 is 1.17 bits per heavy atom. The first kappa shape index (κ1) is 25.2. The Hall–Kier alpha value is -3.95. The van der Waals surface area contributed by atoms with Crippen LogP contribution in [0, 0.1) is 6.92 Å². The van der Waals surface area contributed by atoms with Crippen LogP contribution < -0.4 is 20.1 Å². The third-order valence-electron chi connectivity index (χ3n) is 5.94. The fraction of sp³-hybridized carbons (Fsp3) is 0.296. The molecule has 1 saturated heterocycles. The molecule has 1 amide bonds. The van der Waals surface area contributed by atoms with Gasteiger partial charge in [0.2, 0.25) is 17.7 Å². The summed E-state index contributed by atoms with van der Waals surface area (Å²) in [5.74, 6) is 1.76. The normalized spacial score (nSPS) is 14.2. The van der Waals surface area contributed by atoms with Crippen LogP contribution in [-0.4, -0.2) is 66.0 Å². The Morgan fingerprint density at radius 2 is 1.97 bits per heavy atom. The van der Waals surface area contributed by atoms with Gasteiger partial charge in [0.25, 0.3) is 0 Å². The maximum atomic E-state index is 11.6. The molecule has 36 heavy (non-hydrogen) atoms. The van der Waals surface area contributed by atoms with Crippen LogP contribution in [0.25, 0.3) is 0 Å². The van der Waals surface area contributed by atoms with E-state index in [9.17, 15) is 4.79 Å². The lowest BCUT2D eigenvalue weighted by Crippen LogP contribution is -2.43. The lowest BCUT2D eigenvalue weighted by atomic mass is 10.1. The zero-order valence-electron chi connectivity index (χ0n) is 21.0. The molecule has 0 saturated carbocycles. The van der Waals surface area contributed by atoms with E-state index in [-0.39, 0.29) is 5.91 Å². The minimum absolute atomic E-state index is 0.291. The summed E-state index contributed by atoms with van der Waals surface area (Å²) >= 11 is 0. The molecule has 0 radical (unpaired) electrons. The second-order valence-electron chi connectivity index (χ2n) is 8.74. The summed E-state index contributed by atoms with van der Waals surface area (Å²) in [4.78, 5) is 25.3. The molecule has 4 rings (SSSR count). The predicted octanol–water partition coefficient (Wildman–Crippen LogP) is 4.20. The van der Waals surface area contributed by atoms with Gasteiger partial charge in [0.1, 0.15) is 11.5 Å². The number of carbonyl (C=O) groups is 1. The summed E-state index contributed by atoms with van der Waals surface area (Å²) in [7, 11) is 3.81. The molecule has 9 nitrogen and oxygen atoms in total. The van der Waals surface area contributed by atoms with E-state index in [1.807, 2.05) is 13.0 Å². The third-order valence-corrected chi connectivity index (χ3v) is 5.94. The topological polar surface area (TPSA) is 91.8 Å². The van der Waals surface area contributed by atoms with Crippen LogP contribution in [0.5, 0.6) is 17.4 Å². The van der Waals surface area contributed by atoms with Gasteiger partial charge < -0.3 is 25.0 Å². The standard InChI is InChI=1S/C27H32N6O3/c1-5-25(34)29-21-7-6-8-22(16-21)36-26-19(2)17-28-27(31-26)30-23-10-9-20(15-24(23)35-4)18-33-13-11-32(3)12-14-33/h5-10,15-17H,1,11-14,18H2,2-4H3,(H,29,34)(H,28,30,31). The van der Waals surface area contributed by atoms with E-state index >= 15 is 0 Å². The molecule has 3 aromatic rings. The molecular weight excluding hydrogens is 456 g/mol. The second kappa shape index (κ2) is 11.7. The lowest BCUT2D eigenvalue weighted by Gasteiger charge is -2.32. The highest BCUT2D eigenvalue weighted by Crippen LogP contribution is 2.30. The Kier molecular flexibility index (Phi) is 8.14. The van der Waals surface area contributed by atoms with Gasteiger partial charge in [0, 0.05) is 56.2 Å². The summed E-state index contributed by atoms with van der Waals surface area (Å²) in [5.41, 5.74) is 3.34. The maximum absolute atomic E-state index is 11.6. The minimum Gasteiger partial charge on any atom is -0.495 e. The van der Waals surface area contributed by atoms with Crippen molar-refractivity contribution in [3.63, 3.8) is 0 Å². The van der Waals surface area contributed by atoms with Crippen molar-refractivity contribution in [3.05, 3.63) is 72.4 Å². The number of methoxy groups -OCH3 is 1. The van der Waals surface area contributed by atoms with Gasteiger partial charge in [-0.25, -0.2) is 4.98 Å². The van der Waals surface area contributed by atoms with Crippen molar-refractivity contribution in [2.45, 2.75) is 13.5 Å². The summed E-state index contributed by atoms with van der Waals surface area (Å²) in [6.45, 7) is 10.5. The number of amides is 1. The Bertz CT molecular complexity index is 1220. The van der Waals surface area contributed by atoms with E-state index in [1.165, 1.54) is 11.6 Å². The molecular formula is C27H32N6O3. The lowest BCUT2D eigenvalue weighted by molar-refractivity contribution is -0.111. The molecule has 0 atom stereocenters. The Morgan fingerprint density at radius 3 is 2.72 bits per heavy atom. The average molecular weight is 489 g/mol. The van der Waals surface area contributed by atoms with Crippen molar-refractivity contribution in [2.75, 3.05) is 51.0 Å². The van der Waals surface area contributed by atoms with E-state index < -0.39 is 0 Å². The van der Waals surface area contributed by atoms with Gasteiger partial charge in [-0.2, -0.15) is 4.98 Å². The first-order valence-electron chi connectivity index (χ1n) is 11.8. The van der Waals surface area contributed by atoms with Gasteiger partial charge in [-0.05, 0) is 49.9 Å². The molecule has 2 aromatic carbocycles. The molecule has 1 aliphatic heterocycles. The minimum atomic E-state index is -0.291. The van der Waals surface area contributed by atoms with Crippen molar-refractivity contribution in [1.82, 2.24) is 19.8 Å². The van der Waals surface area contributed by atoms with Gasteiger partial charge in [-0.15, -0.1) is 0 Å². The van der Waals surface area contributed by atoms with Crippen LogP contribution in [0.1, 0.15) is 11.1 Å². The number of piperazine rings is 1. The van der Waals surface area contributed by atoms with Crippen molar-refractivity contribution in [1.29, 1.82) is 0 Å². The van der Waals surface area contributed by atoms with Crippen LogP contribution in [0.15, 0.2) is 61.3 Å². The number of anilines is 3. The molecule has 2 heterocycles. The molecule has 188 valence electrons. The smallest absolute Gasteiger partial charge is 0.247 e. The number of aryl methyl sites for hydroxylation is 1. The number of hydrogen-bond acceptors (Lipinski definition) is 8.